The Balaban J connectivity index is 2.19. The van der Waals surface area contributed by atoms with E-state index in [1.807, 2.05) is 0 Å². The fourth-order valence-corrected chi connectivity index (χ4v) is 1.69. The van der Waals surface area contributed by atoms with E-state index in [0.29, 0.717) is 17.9 Å². The Labute approximate surface area is 108 Å². The van der Waals surface area contributed by atoms with Crippen molar-refractivity contribution in [2.45, 2.75) is 25.8 Å². The fraction of sp³-hybridized carbons (Fsp3) is 0.571. The smallest absolute Gasteiger partial charge is 0.131 e. The highest BCUT2D eigenvalue weighted by atomic mass is 19.1. The third-order valence-corrected chi connectivity index (χ3v) is 2.78. The number of hydrogen-bond acceptors (Lipinski definition) is 3. The molecule has 1 aromatic rings. The third-order valence-electron chi connectivity index (χ3n) is 2.78. The first-order chi connectivity index (χ1) is 8.77. The Kier molecular flexibility index (Phi) is 7.37. The number of unbranched alkanes of at least 4 members (excludes halogenated alkanes) is 2. The highest BCUT2D eigenvalue weighted by Crippen LogP contribution is 2.15. The van der Waals surface area contributed by atoms with Crippen molar-refractivity contribution in [3.63, 3.8) is 0 Å². The van der Waals surface area contributed by atoms with E-state index in [-0.39, 0.29) is 5.82 Å². The maximum absolute atomic E-state index is 13.6. The molecule has 0 fully saturated rings. The van der Waals surface area contributed by atoms with Crippen LogP contribution in [-0.2, 0) is 11.3 Å². The van der Waals surface area contributed by atoms with Gasteiger partial charge in [0, 0.05) is 31.9 Å². The van der Waals surface area contributed by atoms with E-state index in [1.165, 1.54) is 13.2 Å². The summed E-state index contributed by atoms with van der Waals surface area (Å²) in [4.78, 5) is 0. The monoisotopic (exact) mass is 255 g/mol. The molecule has 0 saturated heterocycles. The van der Waals surface area contributed by atoms with Crippen LogP contribution in [0.5, 0.6) is 5.75 Å². The minimum atomic E-state index is -0.221. The highest BCUT2D eigenvalue weighted by Gasteiger charge is 2.03. The molecule has 0 aromatic heterocycles. The number of benzene rings is 1. The van der Waals surface area contributed by atoms with Gasteiger partial charge in [-0.3, -0.25) is 0 Å². The molecule has 1 rings (SSSR count). The molecule has 1 aromatic carbocycles. The molecule has 0 heterocycles. The average Bonchev–Trinajstić information content (AvgIpc) is 2.39. The molecule has 0 unspecified atom stereocenters. The zero-order valence-electron chi connectivity index (χ0n) is 11.2. The van der Waals surface area contributed by atoms with Crippen LogP contribution in [0, 0.1) is 5.82 Å². The van der Waals surface area contributed by atoms with Crippen molar-refractivity contribution in [2.24, 2.45) is 0 Å². The molecule has 0 spiro atoms. The van der Waals surface area contributed by atoms with Gasteiger partial charge < -0.3 is 14.8 Å². The van der Waals surface area contributed by atoms with Gasteiger partial charge in [0.15, 0.2) is 0 Å². The Morgan fingerprint density at radius 1 is 1.17 bits per heavy atom. The summed E-state index contributed by atoms with van der Waals surface area (Å²) in [6.07, 6.45) is 3.29. The van der Waals surface area contributed by atoms with Crippen LogP contribution in [0.15, 0.2) is 18.2 Å². The zero-order chi connectivity index (χ0) is 13.2. The van der Waals surface area contributed by atoms with E-state index in [4.69, 9.17) is 9.47 Å². The number of nitrogens with one attached hydrogen (secondary N) is 1. The second-order valence-electron chi connectivity index (χ2n) is 4.19. The van der Waals surface area contributed by atoms with Crippen LogP contribution in [0.2, 0.25) is 0 Å². The summed E-state index contributed by atoms with van der Waals surface area (Å²) >= 11 is 0. The van der Waals surface area contributed by atoms with Crippen LogP contribution >= 0.6 is 0 Å². The first-order valence-electron chi connectivity index (χ1n) is 6.30. The maximum Gasteiger partial charge on any atom is 0.131 e. The average molecular weight is 255 g/mol. The minimum absolute atomic E-state index is 0.221. The normalized spacial score (nSPS) is 10.6. The van der Waals surface area contributed by atoms with E-state index in [2.05, 4.69) is 5.32 Å². The second-order valence-corrected chi connectivity index (χ2v) is 4.19. The number of rotatable bonds is 9. The first kappa shape index (κ1) is 14.9. The lowest BCUT2D eigenvalue weighted by Crippen LogP contribution is -2.15. The molecule has 0 aliphatic rings. The van der Waals surface area contributed by atoms with E-state index in [0.717, 1.165) is 32.4 Å². The third kappa shape index (κ3) is 5.47. The van der Waals surface area contributed by atoms with Crippen LogP contribution in [-0.4, -0.2) is 27.4 Å². The summed E-state index contributed by atoms with van der Waals surface area (Å²) in [5.41, 5.74) is 0.674. The summed E-state index contributed by atoms with van der Waals surface area (Å²) < 4.78 is 23.5. The molecule has 0 atom stereocenters. The van der Waals surface area contributed by atoms with E-state index in [9.17, 15) is 4.39 Å². The Morgan fingerprint density at radius 3 is 2.67 bits per heavy atom. The fourth-order valence-electron chi connectivity index (χ4n) is 1.69. The van der Waals surface area contributed by atoms with Crippen molar-refractivity contribution in [1.29, 1.82) is 0 Å². The Morgan fingerprint density at radius 2 is 2.00 bits per heavy atom. The minimum Gasteiger partial charge on any atom is -0.497 e. The molecule has 0 aliphatic heterocycles. The number of halogens is 1. The maximum atomic E-state index is 13.6. The lowest BCUT2D eigenvalue weighted by Gasteiger charge is -2.07. The first-order valence-corrected chi connectivity index (χ1v) is 6.30. The van der Waals surface area contributed by atoms with E-state index >= 15 is 0 Å². The van der Waals surface area contributed by atoms with Gasteiger partial charge in [-0.1, -0.05) is 6.07 Å². The standard InChI is InChI=1S/C14H22FNO2/c1-17-9-5-3-4-8-16-11-12-6-7-13(18-2)10-14(12)15/h6-7,10,16H,3-5,8-9,11H2,1-2H3. The molecule has 0 saturated carbocycles. The predicted octanol–water partition coefficient (Wildman–Crippen LogP) is 2.74. The van der Waals surface area contributed by atoms with Gasteiger partial charge in [0.25, 0.3) is 0 Å². The van der Waals surface area contributed by atoms with Crippen molar-refractivity contribution < 1.29 is 13.9 Å². The summed E-state index contributed by atoms with van der Waals surface area (Å²) in [5, 5.41) is 3.24. The molecular formula is C14H22FNO2. The lowest BCUT2D eigenvalue weighted by molar-refractivity contribution is 0.192. The van der Waals surface area contributed by atoms with Crippen LogP contribution < -0.4 is 10.1 Å². The second kappa shape index (κ2) is 8.89. The predicted molar refractivity (Wildman–Crippen MR) is 70.4 cm³/mol. The van der Waals surface area contributed by atoms with E-state index < -0.39 is 0 Å². The highest BCUT2D eigenvalue weighted by molar-refractivity contribution is 5.28. The Bertz CT molecular complexity index is 345. The molecular weight excluding hydrogens is 233 g/mol. The lowest BCUT2D eigenvalue weighted by atomic mass is 10.2. The molecule has 1 N–H and O–H groups in total. The summed E-state index contributed by atoms with van der Waals surface area (Å²) in [6.45, 7) is 2.27. The van der Waals surface area contributed by atoms with Crippen LogP contribution in [0.25, 0.3) is 0 Å². The number of hydrogen-bond donors (Lipinski definition) is 1. The largest absolute Gasteiger partial charge is 0.497 e. The SMILES string of the molecule is COCCCCCNCc1ccc(OC)cc1F. The summed E-state index contributed by atoms with van der Waals surface area (Å²) in [7, 11) is 3.25. The Hall–Kier alpha value is -1.13. The molecule has 102 valence electrons. The van der Waals surface area contributed by atoms with Crippen LogP contribution in [0.1, 0.15) is 24.8 Å². The van der Waals surface area contributed by atoms with Gasteiger partial charge in [0.05, 0.1) is 7.11 Å². The van der Waals surface area contributed by atoms with E-state index in [1.54, 1.807) is 19.2 Å². The van der Waals surface area contributed by atoms with Crippen molar-refractivity contribution >= 4 is 0 Å². The summed E-state index contributed by atoms with van der Waals surface area (Å²) in [6, 6.07) is 4.94. The van der Waals surface area contributed by atoms with Crippen molar-refractivity contribution in [1.82, 2.24) is 5.32 Å². The topological polar surface area (TPSA) is 30.5 Å². The number of methoxy groups -OCH3 is 2. The molecule has 0 bridgehead atoms. The summed E-state index contributed by atoms with van der Waals surface area (Å²) in [5.74, 6) is 0.331. The zero-order valence-corrected chi connectivity index (χ0v) is 11.2. The van der Waals surface area contributed by atoms with Gasteiger partial charge in [-0.2, -0.15) is 0 Å². The molecule has 0 aliphatic carbocycles. The molecule has 0 radical (unpaired) electrons. The van der Waals surface area contributed by atoms with Crippen molar-refractivity contribution in [3.05, 3.63) is 29.6 Å². The van der Waals surface area contributed by atoms with Crippen molar-refractivity contribution in [2.75, 3.05) is 27.4 Å². The van der Waals surface area contributed by atoms with Crippen molar-refractivity contribution in [3.8, 4) is 5.75 Å². The van der Waals surface area contributed by atoms with Crippen LogP contribution in [0.3, 0.4) is 0 Å². The van der Waals surface area contributed by atoms with Gasteiger partial charge >= 0.3 is 0 Å². The molecule has 18 heavy (non-hydrogen) atoms. The number of ether oxygens (including phenoxy) is 2. The molecule has 3 nitrogen and oxygen atoms in total. The van der Waals surface area contributed by atoms with Gasteiger partial charge in [-0.25, -0.2) is 4.39 Å². The molecule has 0 amide bonds. The molecule has 4 heteroatoms. The van der Waals surface area contributed by atoms with Crippen LogP contribution in [0.4, 0.5) is 4.39 Å². The van der Waals surface area contributed by atoms with Gasteiger partial charge in [0.2, 0.25) is 0 Å². The van der Waals surface area contributed by atoms with Gasteiger partial charge in [0.1, 0.15) is 11.6 Å². The van der Waals surface area contributed by atoms with Gasteiger partial charge in [-0.15, -0.1) is 0 Å². The quantitative estimate of drug-likeness (QED) is 0.688. The van der Waals surface area contributed by atoms with Gasteiger partial charge in [-0.05, 0) is 31.9 Å².